The molecule has 0 unspecified atom stereocenters. The first kappa shape index (κ1) is 16.5. The van der Waals surface area contributed by atoms with Gasteiger partial charge in [0, 0.05) is 25.7 Å². The molecule has 0 amide bonds. The number of ether oxygens (including phenoxy) is 1. The van der Waals surface area contributed by atoms with Gasteiger partial charge in [0.15, 0.2) is 0 Å². The van der Waals surface area contributed by atoms with E-state index >= 15 is 0 Å². The molecule has 3 heteroatoms. The Hall–Kier alpha value is -0.900. The number of aliphatic hydroxyl groups excluding tert-OH is 1. The van der Waals surface area contributed by atoms with Crippen molar-refractivity contribution >= 4 is 0 Å². The van der Waals surface area contributed by atoms with E-state index in [-0.39, 0.29) is 12.0 Å². The average Bonchev–Trinajstić information content (AvgIpc) is 2.54. The Kier molecular flexibility index (Phi) is 6.68. The third-order valence-corrected chi connectivity index (χ3v) is 4.70. The van der Waals surface area contributed by atoms with Gasteiger partial charge in [-0.2, -0.15) is 0 Å². The monoisotopic (exact) mass is 291 g/mol. The summed E-state index contributed by atoms with van der Waals surface area (Å²) in [6.07, 6.45) is 5.62. The summed E-state index contributed by atoms with van der Waals surface area (Å²) in [5.41, 5.74) is 1.48. The number of piperidine rings is 1. The molecule has 1 aliphatic heterocycles. The zero-order valence-electron chi connectivity index (χ0n) is 13.3. The van der Waals surface area contributed by atoms with Crippen molar-refractivity contribution in [3.8, 4) is 0 Å². The second-order valence-corrected chi connectivity index (χ2v) is 6.37. The second kappa shape index (κ2) is 8.52. The van der Waals surface area contributed by atoms with Gasteiger partial charge in [0.1, 0.15) is 0 Å². The highest BCUT2D eigenvalue weighted by Crippen LogP contribution is 2.33. The molecule has 0 saturated carbocycles. The van der Waals surface area contributed by atoms with Gasteiger partial charge in [-0.3, -0.25) is 0 Å². The van der Waals surface area contributed by atoms with Crippen LogP contribution in [-0.2, 0) is 11.2 Å². The summed E-state index contributed by atoms with van der Waals surface area (Å²) in [5, 5.41) is 9.81. The number of likely N-dealkylation sites (tertiary alicyclic amines) is 1. The number of aryl methyl sites for hydroxylation is 1. The molecule has 0 aromatic heterocycles. The molecule has 0 radical (unpaired) electrons. The van der Waals surface area contributed by atoms with Crippen molar-refractivity contribution in [2.45, 2.75) is 32.1 Å². The van der Waals surface area contributed by atoms with Crippen LogP contribution in [-0.4, -0.2) is 50.0 Å². The maximum Gasteiger partial charge on any atom is 0.0500 e. The van der Waals surface area contributed by atoms with Crippen molar-refractivity contribution in [1.82, 2.24) is 4.90 Å². The fraction of sp³-hybridized carbons (Fsp3) is 0.667. The topological polar surface area (TPSA) is 32.7 Å². The molecular weight excluding hydrogens is 262 g/mol. The van der Waals surface area contributed by atoms with Gasteiger partial charge in [-0.1, -0.05) is 30.3 Å². The maximum atomic E-state index is 9.81. The smallest absolute Gasteiger partial charge is 0.0500 e. The lowest BCUT2D eigenvalue weighted by Crippen LogP contribution is -2.46. The summed E-state index contributed by atoms with van der Waals surface area (Å²) in [4.78, 5) is 2.53. The predicted molar refractivity (Wildman–Crippen MR) is 86.4 cm³/mol. The average molecular weight is 291 g/mol. The van der Waals surface area contributed by atoms with Crippen LogP contribution in [0.1, 0.15) is 31.2 Å². The van der Waals surface area contributed by atoms with Gasteiger partial charge in [0.05, 0.1) is 6.61 Å². The maximum absolute atomic E-state index is 9.81. The molecule has 2 rings (SSSR count). The van der Waals surface area contributed by atoms with Crippen LogP contribution in [0.4, 0.5) is 0 Å². The Bertz CT molecular complexity index is 395. The molecule has 1 fully saturated rings. The summed E-state index contributed by atoms with van der Waals surface area (Å²) in [6.45, 7) is 4.35. The largest absolute Gasteiger partial charge is 0.396 e. The lowest BCUT2D eigenvalue weighted by molar-refractivity contribution is 0.00731. The van der Waals surface area contributed by atoms with Gasteiger partial charge in [0.25, 0.3) is 0 Å². The van der Waals surface area contributed by atoms with Crippen LogP contribution in [0.3, 0.4) is 0 Å². The minimum absolute atomic E-state index is 0.0566. The standard InChI is InChI=1S/C18H29NO2/c1-21-14-11-18(16-20)10-6-13-19(15-18)12-5-9-17-7-3-2-4-8-17/h2-4,7-8,20H,5-6,9-16H2,1H3/t18-/m0/s1. The molecule has 1 aromatic carbocycles. The number of benzene rings is 1. The van der Waals surface area contributed by atoms with E-state index in [2.05, 4.69) is 35.2 Å². The number of rotatable bonds is 8. The number of hydrogen-bond acceptors (Lipinski definition) is 3. The Morgan fingerprint density at radius 2 is 2.10 bits per heavy atom. The van der Waals surface area contributed by atoms with Crippen LogP contribution >= 0.6 is 0 Å². The number of nitrogens with zero attached hydrogens (tertiary/aromatic N) is 1. The molecule has 0 spiro atoms. The molecular formula is C18H29NO2. The van der Waals surface area contributed by atoms with E-state index in [0.717, 1.165) is 39.0 Å². The predicted octanol–water partition coefficient (Wildman–Crippen LogP) is 2.73. The lowest BCUT2D eigenvalue weighted by atomic mass is 9.78. The van der Waals surface area contributed by atoms with Gasteiger partial charge in [-0.05, 0) is 50.8 Å². The second-order valence-electron chi connectivity index (χ2n) is 6.37. The Morgan fingerprint density at radius 3 is 2.81 bits per heavy atom. The number of aliphatic hydroxyl groups is 1. The van der Waals surface area contributed by atoms with Gasteiger partial charge in [0.2, 0.25) is 0 Å². The van der Waals surface area contributed by atoms with Gasteiger partial charge in [-0.15, -0.1) is 0 Å². The Morgan fingerprint density at radius 1 is 1.29 bits per heavy atom. The van der Waals surface area contributed by atoms with Crippen molar-refractivity contribution in [3.05, 3.63) is 35.9 Å². The molecule has 0 bridgehead atoms. The third-order valence-electron chi connectivity index (χ3n) is 4.70. The fourth-order valence-electron chi connectivity index (χ4n) is 3.38. The minimum atomic E-state index is 0.0566. The molecule has 1 heterocycles. The van der Waals surface area contributed by atoms with Crippen LogP contribution in [0.15, 0.2) is 30.3 Å². The normalized spacial score (nSPS) is 23.3. The first-order valence-corrected chi connectivity index (χ1v) is 8.14. The lowest BCUT2D eigenvalue weighted by Gasteiger charge is -2.42. The highest BCUT2D eigenvalue weighted by molar-refractivity contribution is 5.14. The molecule has 3 nitrogen and oxygen atoms in total. The molecule has 1 saturated heterocycles. The summed E-state index contributed by atoms with van der Waals surface area (Å²) in [5.74, 6) is 0. The van der Waals surface area contributed by atoms with Gasteiger partial charge >= 0.3 is 0 Å². The van der Waals surface area contributed by atoms with E-state index in [1.807, 2.05) is 0 Å². The summed E-state index contributed by atoms with van der Waals surface area (Å²) in [7, 11) is 1.74. The number of hydrogen-bond donors (Lipinski definition) is 1. The first-order chi connectivity index (χ1) is 10.3. The van der Waals surface area contributed by atoms with Crippen LogP contribution in [0.5, 0.6) is 0 Å². The van der Waals surface area contributed by atoms with Crippen molar-refractivity contribution in [2.24, 2.45) is 5.41 Å². The van der Waals surface area contributed by atoms with E-state index in [1.54, 1.807) is 7.11 Å². The van der Waals surface area contributed by atoms with E-state index in [4.69, 9.17) is 4.74 Å². The molecule has 21 heavy (non-hydrogen) atoms. The highest BCUT2D eigenvalue weighted by atomic mass is 16.5. The van der Waals surface area contributed by atoms with E-state index < -0.39 is 0 Å². The van der Waals surface area contributed by atoms with Crippen LogP contribution in [0, 0.1) is 5.41 Å². The van der Waals surface area contributed by atoms with E-state index in [1.165, 1.54) is 24.9 Å². The summed E-state index contributed by atoms with van der Waals surface area (Å²) in [6, 6.07) is 10.7. The zero-order chi connectivity index (χ0) is 15.0. The quantitative estimate of drug-likeness (QED) is 0.799. The first-order valence-electron chi connectivity index (χ1n) is 8.14. The van der Waals surface area contributed by atoms with Crippen molar-refractivity contribution in [3.63, 3.8) is 0 Å². The van der Waals surface area contributed by atoms with Crippen molar-refractivity contribution in [1.29, 1.82) is 0 Å². The fourth-order valence-corrected chi connectivity index (χ4v) is 3.38. The summed E-state index contributed by atoms with van der Waals surface area (Å²) >= 11 is 0. The van der Waals surface area contributed by atoms with E-state index in [0.29, 0.717) is 0 Å². The van der Waals surface area contributed by atoms with Crippen molar-refractivity contribution in [2.75, 3.05) is 40.0 Å². The SMILES string of the molecule is COCC[C@@]1(CO)CCCN(CCCc2ccccc2)C1. The molecule has 1 aliphatic rings. The molecule has 1 N–H and O–H groups in total. The highest BCUT2D eigenvalue weighted by Gasteiger charge is 2.34. The zero-order valence-corrected chi connectivity index (χ0v) is 13.3. The van der Waals surface area contributed by atoms with Crippen molar-refractivity contribution < 1.29 is 9.84 Å². The number of methoxy groups -OCH3 is 1. The third kappa shape index (κ3) is 5.10. The minimum Gasteiger partial charge on any atom is -0.396 e. The van der Waals surface area contributed by atoms with Crippen LogP contribution < -0.4 is 0 Å². The van der Waals surface area contributed by atoms with E-state index in [9.17, 15) is 5.11 Å². The molecule has 0 aliphatic carbocycles. The van der Waals surface area contributed by atoms with Crippen LogP contribution in [0.25, 0.3) is 0 Å². The molecule has 1 aromatic rings. The summed E-state index contributed by atoms with van der Waals surface area (Å²) < 4.78 is 5.22. The molecule has 118 valence electrons. The van der Waals surface area contributed by atoms with Gasteiger partial charge in [-0.25, -0.2) is 0 Å². The molecule has 1 atom stereocenters. The van der Waals surface area contributed by atoms with Gasteiger partial charge < -0.3 is 14.7 Å². The van der Waals surface area contributed by atoms with Crippen LogP contribution in [0.2, 0.25) is 0 Å². The Balaban J connectivity index is 1.78. The Labute approximate surface area is 128 Å².